The molecule has 0 heterocycles. The van der Waals surface area contributed by atoms with Crippen LogP contribution in [0.5, 0.6) is 0 Å². The molecule has 0 aliphatic heterocycles. The van der Waals surface area contributed by atoms with E-state index in [0.717, 1.165) is 45.1 Å². The molecule has 0 saturated heterocycles. The molecule has 112 valence electrons. The molecule has 0 aromatic heterocycles. The van der Waals surface area contributed by atoms with E-state index in [9.17, 15) is 0 Å². The van der Waals surface area contributed by atoms with Crippen LogP contribution in [-0.2, 0) is 9.47 Å². The largest absolute Gasteiger partial charge is 0.385 e. The second-order valence-electron chi connectivity index (χ2n) is 4.90. The maximum absolute atomic E-state index is 5.81. The Hall–Kier alpha value is -0.810. The molecule has 0 amide bonds. The van der Waals surface area contributed by atoms with Gasteiger partial charge in [0, 0.05) is 40.5 Å². The molecule has 19 heavy (non-hydrogen) atoms. The van der Waals surface area contributed by atoms with Gasteiger partial charge in [0.05, 0.1) is 6.10 Å². The van der Waals surface area contributed by atoms with Crippen molar-refractivity contribution >= 4 is 5.96 Å². The Morgan fingerprint density at radius 3 is 2.32 bits per heavy atom. The summed E-state index contributed by atoms with van der Waals surface area (Å²) < 4.78 is 10.8. The Morgan fingerprint density at radius 1 is 1.11 bits per heavy atom. The van der Waals surface area contributed by atoms with Gasteiger partial charge in [0.25, 0.3) is 0 Å². The lowest BCUT2D eigenvalue weighted by atomic mass is 10.3. The van der Waals surface area contributed by atoms with E-state index in [-0.39, 0.29) is 0 Å². The Bertz CT molecular complexity index is 241. The molecule has 2 N–H and O–H groups in total. The van der Waals surface area contributed by atoms with Crippen molar-refractivity contribution in [3.05, 3.63) is 0 Å². The highest BCUT2D eigenvalue weighted by molar-refractivity contribution is 5.79. The van der Waals surface area contributed by atoms with Crippen molar-refractivity contribution in [1.29, 1.82) is 0 Å². The number of hydrogen-bond donors (Lipinski definition) is 2. The van der Waals surface area contributed by atoms with Crippen LogP contribution in [-0.4, -0.2) is 52.5 Å². The second kappa shape index (κ2) is 11.1. The van der Waals surface area contributed by atoms with Crippen molar-refractivity contribution in [3.63, 3.8) is 0 Å². The molecule has 1 rings (SSSR count). The maximum atomic E-state index is 5.81. The molecule has 5 nitrogen and oxygen atoms in total. The lowest BCUT2D eigenvalue weighted by Gasteiger charge is -2.13. The Kier molecular flexibility index (Phi) is 9.45. The highest BCUT2D eigenvalue weighted by Gasteiger charge is 2.14. The number of methoxy groups -OCH3 is 1. The van der Waals surface area contributed by atoms with Crippen molar-refractivity contribution in [2.24, 2.45) is 4.99 Å². The predicted octanol–water partition coefficient (Wildman–Crippen LogP) is 1.54. The summed E-state index contributed by atoms with van der Waals surface area (Å²) >= 11 is 0. The average molecular weight is 271 g/mol. The highest BCUT2D eigenvalue weighted by atomic mass is 16.5. The van der Waals surface area contributed by atoms with Crippen LogP contribution in [0.4, 0.5) is 0 Å². The molecule has 5 heteroatoms. The van der Waals surface area contributed by atoms with Gasteiger partial charge in [-0.25, -0.2) is 0 Å². The number of hydrogen-bond acceptors (Lipinski definition) is 3. The van der Waals surface area contributed by atoms with Crippen molar-refractivity contribution in [2.45, 2.75) is 44.6 Å². The zero-order valence-corrected chi connectivity index (χ0v) is 12.4. The number of nitrogens with one attached hydrogen (secondary N) is 2. The molecule has 0 spiro atoms. The predicted molar refractivity (Wildman–Crippen MR) is 78.7 cm³/mol. The van der Waals surface area contributed by atoms with Gasteiger partial charge in [-0.1, -0.05) is 12.8 Å². The van der Waals surface area contributed by atoms with Crippen molar-refractivity contribution < 1.29 is 9.47 Å². The minimum atomic E-state index is 0.520. The van der Waals surface area contributed by atoms with E-state index < -0.39 is 0 Å². The molecule has 1 fully saturated rings. The summed E-state index contributed by atoms with van der Waals surface area (Å²) in [4.78, 5) is 4.17. The first-order valence-corrected chi connectivity index (χ1v) is 7.42. The number of aliphatic imine (C=N–C) groups is 1. The zero-order chi connectivity index (χ0) is 13.8. The first-order chi connectivity index (χ1) is 9.36. The van der Waals surface area contributed by atoms with Gasteiger partial charge in [-0.15, -0.1) is 0 Å². The summed E-state index contributed by atoms with van der Waals surface area (Å²) in [7, 11) is 3.51. The summed E-state index contributed by atoms with van der Waals surface area (Å²) in [6.07, 6.45) is 7.69. The fraction of sp³-hybridized carbons (Fsp3) is 0.929. The van der Waals surface area contributed by atoms with E-state index in [1.165, 1.54) is 25.7 Å². The van der Waals surface area contributed by atoms with E-state index in [1.54, 1.807) is 14.2 Å². The Balaban J connectivity index is 1.93. The molecule has 0 radical (unpaired) electrons. The molecule has 1 aliphatic carbocycles. The van der Waals surface area contributed by atoms with Gasteiger partial charge in [0.1, 0.15) is 0 Å². The van der Waals surface area contributed by atoms with Crippen LogP contribution in [0, 0.1) is 0 Å². The van der Waals surface area contributed by atoms with Crippen molar-refractivity contribution in [3.8, 4) is 0 Å². The van der Waals surface area contributed by atoms with Crippen molar-refractivity contribution in [1.82, 2.24) is 10.6 Å². The third-order valence-electron chi connectivity index (χ3n) is 3.31. The Labute approximate surface area is 117 Å². The van der Waals surface area contributed by atoms with Crippen LogP contribution in [0.1, 0.15) is 38.5 Å². The first-order valence-electron chi connectivity index (χ1n) is 7.42. The minimum absolute atomic E-state index is 0.520. The van der Waals surface area contributed by atoms with E-state index in [2.05, 4.69) is 15.6 Å². The molecule has 0 atom stereocenters. The van der Waals surface area contributed by atoms with Crippen LogP contribution in [0.15, 0.2) is 4.99 Å². The summed E-state index contributed by atoms with van der Waals surface area (Å²) in [6, 6.07) is 0. The van der Waals surface area contributed by atoms with E-state index in [0.29, 0.717) is 6.10 Å². The monoisotopic (exact) mass is 271 g/mol. The summed E-state index contributed by atoms with van der Waals surface area (Å²) in [5.41, 5.74) is 0. The topological polar surface area (TPSA) is 54.9 Å². The number of nitrogens with zero attached hydrogens (tertiary/aromatic N) is 1. The summed E-state index contributed by atoms with van der Waals surface area (Å²) in [5.74, 6) is 0.858. The molecule has 1 saturated carbocycles. The normalized spacial score (nSPS) is 16.8. The van der Waals surface area contributed by atoms with Gasteiger partial charge >= 0.3 is 0 Å². The minimum Gasteiger partial charge on any atom is -0.385 e. The van der Waals surface area contributed by atoms with Crippen LogP contribution in [0.3, 0.4) is 0 Å². The molecule has 0 aromatic carbocycles. The quantitative estimate of drug-likeness (QED) is 0.379. The standard InChI is InChI=1S/C14H29N3O2/c1-15-14(16-9-5-11-18-2)17-10-6-12-19-13-7-3-4-8-13/h13H,3-12H2,1-2H3,(H2,15,16,17). The van der Waals surface area contributed by atoms with E-state index in [1.807, 2.05) is 0 Å². The number of rotatable bonds is 9. The van der Waals surface area contributed by atoms with E-state index in [4.69, 9.17) is 9.47 Å². The Morgan fingerprint density at radius 2 is 1.74 bits per heavy atom. The fourth-order valence-corrected chi connectivity index (χ4v) is 2.23. The third-order valence-corrected chi connectivity index (χ3v) is 3.31. The summed E-state index contributed by atoms with van der Waals surface area (Å²) in [6.45, 7) is 3.40. The molecule has 0 unspecified atom stereocenters. The molecule has 0 bridgehead atoms. The molecular formula is C14H29N3O2. The average Bonchev–Trinajstić information content (AvgIpc) is 2.94. The molecule has 1 aliphatic rings. The molecular weight excluding hydrogens is 242 g/mol. The third kappa shape index (κ3) is 8.06. The fourth-order valence-electron chi connectivity index (χ4n) is 2.23. The van der Waals surface area contributed by atoms with Gasteiger partial charge in [-0.3, -0.25) is 4.99 Å². The van der Waals surface area contributed by atoms with Gasteiger partial charge in [0.15, 0.2) is 5.96 Å². The zero-order valence-electron chi connectivity index (χ0n) is 12.4. The first kappa shape index (κ1) is 16.2. The summed E-state index contributed by atoms with van der Waals surface area (Å²) in [5, 5.41) is 6.54. The molecule has 0 aromatic rings. The lowest BCUT2D eigenvalue weighted by Crippen LogP contribution is -2.38. The van der Waals surface area contributed by atoms with E-state index >= 15 is 0 Å². The highest BCUT2D eigenvalue weighted by Crippen LogP contribution is 2.20. The smallest absolute Gasteiger partial charge is 0.190 e. The van der Waals surface area contributed by atoms with Crippen LogP contribution in [0.25, 0.3) is 0 Å². The maximum Gasteiger partial charge on any atom is 0.190 e. The van der Waals surface area contributed by atoms with Gasteiger partial charge in [-0.05, 0) is 25.7 Å². The number of guanidine groups is 1. The van der Waals surface area contributed by atoms with Gasteiger partial charge < -0.3 is 20.1 Å². The van der Waals surface area contributed by atoms with Crippen LogP contribution >= 0.6 is 0 Å². The van der Waals surface area contributed by atoms with Crippen LogP contribution in [0.2, 0.25) is 0 Å². The number of ether oxygens (including phenoxy) is 2. The lowest BCUT2D eigenvalue weighted by molar-refractivity contribution is 0.0574. The second-order valence-corrected chi connectivity index (χ2v) is 4.90. The van der Waals surface area contributed by atoms with Gasteiger partial charge in [0.2, 0.25) is 0 Å². The van der Waals surface area contributed by atoms with Crippen LogP contribution < -0.4 is 10.6 Å². The SMILES string of the molecule is CN=C(NCCCOC)NCCCOC1CCCC1. The van der Waals surface area contributed by atoms with Gasteiger partial charge in [-0.2, -0.15) is 0 Å². The van der Waals surface area contributed by atoms with Crippen molar-refractivity contribution in [2.75, 3.05) is 40.5 Å².